The molecule has 0 aliphatic carbocycles. The molecular formula is C19H15Cl2N5O. The third kappa shape index (κ3) is 3.88. The highest BCUT2D eigenvalue weighted by molar-refractivity contribution is 6.34. The highest BCUT2D eigenvalue weighted by Gasteiger charge is 2.12. The number of benzene rings is 2. The minimum atomic E-state index is -0.784. The Balaban J connectivity index is 1.56. The average molecular weight is 400 g/mol. The first-order valence-electron chi connectivity index (χ1n) is 8.26. The van der Waals surface area contributed by atoms with Gasteiger partial charge in [-0.25, -0.2) is 0 Å². The summed E-state index contributed by atoms with van der Waals surface area (Å²) in [6.07, 6.45) is -0.784. The van der Waals surface area contributed by atoms with Crippen molar-refractivity contribution in [1.82, 2.24) is 19.8 Å². The summed E-state index contributed by atoms with van der Waals surface area (Å²) in [7, 11) is 0. The highest BCUT2D eigenvalue weighted by atomic mass is 35.5. The van der Waals surface area contributed by atoms with Crippen molar-refractivity contribution in [2.45, 2.75) is 6.10 Å². The zero-order valence-corrected chi connectivity index (χ0v) is 15.6. The van der Waals surface area contributed by atoms with Gasteiger partial charge < -0.3 is 10.4 Å². The van der Waals surface area contributed by atoms with Gasteiger partial charge in [0.05, 0.1) is 6.10 Å². The molecule has 0 spiro atoms. The first-order chi connectivity index (χ1) is 13.1. The third-order valence-electron chi connectivity index (χ3n) is 4.04. The number of nitrogens with one attached hydrogen (secondary N) is 1. The van der Waals surface area contributed by atoms with E-state index in [1.54, 1.807) is 28.8 Å². The van der Waals surface area contributed by atoms with Gasteiger partial charge in [0.15, 0.2) is 11.5 Å². The van der Waals surface area contributed by atoms with Crippen molar-refractivity contribution in [2.75, 3.05) is 11.9 Å². The Labute approximate surface area is 165 Å². The van der Waals surface area contributed by atoms with Crippen LogP contribution in [0.15, 0.2) is 60.7 Å². The second kappa shape index (κ2) is 7.52. The van der Waals surface area contributed by atoms with E-state index in [-0.39, 0.29) is 6.54 Å². The van der Waals surface area contributed by atoms with E-state index in [1.807, 2.05) is 36.4 Å². The highest BCUT2D eigenvalue weighted by Crippen LogP contribution is 2.24. The van der Waals surface area contributed by atoms with Crippen LogP contribution in [-0.4, -0.2) is 31.5 Å². The molecule has 0 saturated heterocycles. The van der Waals surface area contributed by atoms with Crippen LogP contribution in [-0.2, 0) is 0 Å². The maximum Gasteiger partial charge on any atom is 0.185 e. The lowest BCUT2D eigenvalue weighted by Crippen LogP contribution is -2.14. The van der Waals surface area contributed by atoms with E-state index in [4.69, 9.17) is 23.2 Å². The SMILES string of the molecule is OC(CNc1ccc2nnc(-c3ccccc3)n2n1)c1cc(Cl)cc(Cl)c1. The maximum absolute atomic E-state index is 10.4. The van der Waals surface area contributed by atoms with Crippen molar-refractivity contribution in [3.05, 3.63) is 76.3 Å². The molecule has 0 fully saturated rings. The topological polar surface area (TPSA) is 75.3 Å². The summed E-state index contributed by atoms with van der Waals surface area (Å²) in [6.45, 7) is 0.248. The summed E-state index contributed by atoms with van der Waals surface area (Å²) >= 11 is 12.0. The standard InChI is InChI=1S/C19H15Cl2N5O/c20-14-8-13(9-15(21)10-14)16(27)11-22-17-6-7-18-23-24-19(26(18)25-17)12-4-2-1-3-5-12/h1-10,16,27H,11H2,(H,22,25). The molecule has 0 aliphatic heterocycles. The Morgan fingerprint density at radius 3 is 2.44 bits per heavy atom. The second-order valence-electron chi connectivity index (χ2n) is 5.98. The van der Waals surface area contributed by atoms with E-state index in [1.165, 1.54) is 0 Å². The van der Waals surface area contributed by atoms with Crippen molar-refractivity contribution in [1.29, 1.82) is 0 Å². The molecule has 0 bridgehead atoms. The van der Waals surface area contributed by atoms with Gasteiger partial charge in [-0.05, 0) is 35.9 Å². The third-order valence-corrected chi connectivity index (χ3v) is 4.48. The predicted molar refractivity (Wildman–Crippen MR) is 106 cm³/mol. The summed E-state index contributed by atoms with van der Waals surface area (Å²) < 4.78 is 1.67. The normalized spacial score (nSPS) is 12.3. The molecule has 0 radical (unpaired) electrons. The van der Waals surface area contributed by atoms with Crippen LogP contribution in [0.3, 0.4) is 0 Å². The van der Waals surface area contributed by atoms with Crippen molar-refractivity contribution in [3.8, 4) is 11.4 Å². The fourth-order valence-electron chi connectivity index (χ4n) is 2.74. The predicted octanol–water partition coefficient (Wildman–Crippen LogP) is 4.24. The quantitative estimate of drug-likeness (QED) is 0.524. The van der Waals surface area contributed by atoms with Crippen molar-refractivity contribution < 1.29 is 5.11 Å². The van der Waals surface area contributed by atoms with Crippen molar-refractivity contribution in [3.63, 3.8) is 0 Å². The van der Waals surface area contributed by atoms with Crippen molar-refractivity contribution in [2.24, 2.45) is 0 Å². The van der Waals surface area contributed by atoms with E-state index in [9.17, 15) is 5.11 Å². The fourth-order valence-corrected chi connectivity index (χ4v) is 3.28. The Morgan fingerprint density at radius 1 is 0.963 bits per heavy atom. The van der Waals surface area contributed by atoms with Crippen LogP contribution in [0.4, 0.5) is 5.82 Å². The zero-order chi connectivity index (χ0) is 18.8. The lowest BCUT2D eigenvalue weighted by molar-refractivity contribution is 0.191. The summed E-state index contributed by atoms with van der Waals surface area (Å²) in [5.74, 6) is 1.24. The van der Waals surface area contributed by atoms with E-state index in [2.05, 4.69) is 20.6 Å². The van der Waals surface area contributed by atoms with Gasteiger partial charge in [-0.1, -0.05) is 53.5 Å². The molecule has 2 aromatic heterocycles. The fraction of sp³-hybridized carbons (Fsp3) is 0.105. The Bertz CT molecular complexity index is 1060. The molecule has 2 N–H and O–H groups in total. The molecule has 8 heteroatoms. The Morgan fingerprint density at radius 2 is 1.70 bits per heavy atom. The van der Waals surface area contributed by atoms with Crippen LogP contribution in [0.1, 0.15) is 11.7 Å². The lowest BCUT2D eigenvalue weighted by Gasteiger charge is -2.13. The van der Waals surface area contributed by atoms with E-state index < -0.39 is 6.10 Å². The van der Waals surface area contributed by atoms with Gasteiger partial charge in [0, 0.05) is 22.2 Å². The summed E-state index contributed by atoms with van der Waals surface area (Å²) in [4.78, 5) is 0. The summed E-state index contributed by atoms with van der Waals surface area (Å²) in [5.41, 5.74) is 2.19. The number of fused-ring (bicyclic) bond motifs is 1. The molecule has 1 unspecified atom stereocenters. The minimum Gasteiger partial charge on any atom is -0.387 e. The first-order valence-corrected chi connectivity index (χ1v) is 9.01. The number of nitrogens with zero attached hydrogens (tertiary/aromatic N) is 4. The summed E-state index contributed by atoms with van der Waals surface area (Å²) in [6, 6.07) is 18.3. The largest absolute Gasteiger partial charge is 0.387 e. The van der Waals surface area contributed by atoms with Crippen LogP contribution in [0.25, 0.3) is 17.0 Å². The van der Waals surface area contributed by atoms with Crippen LogP contribution in [0, 0.1) is 0 Å². The number of rotatable bonds is 5. The van der Waals surface area contributed by atoms with Gasteiger partial charge in [-0.15, -0.1) is 15.3 Å². The number of anilines is 1. The van der Waals surface area contributed by atoms with Gasteiger partial charge in [0.25, 0.3) is 0 Å². The molecule has 0 amide bonds. The summed E-state index contributed by atoms with van der Waals surface area (Å²) in [5, 5.41) is 27.4. The van der Waals surface area contributed by atoms with E-state index >= 15 is 0 Å². The lowest BCUT2D eigenvalue weighted by atomic mass is 10.1. The maximum atomic E-state index is 10.4. The van der Waals surface area contributed by atoms with Gasteiger partial charge in [0.1, 0.15) is 5.82 Å². The van der Waals surface area contributed by atoms with Gasteiger partial charge in [-0.2, -0.15) is 4.52 Å². The number of hydrogen-bond donors (Lipinski definition) is 2. The average Bonchev–Trinajstić information content (AvgIpc) is 3.09. The number of aromatic nitrogens is 4. The molecule has 0 aliphatic rings. The molecule has 2 heterocycles. The number of hydrogen-bond acceptors (Lipinski definition) is 5. The molecule has 0 saturated carbocycles. The van der Waals surface area contributed by atoms with Gasteiger partial charge in [-0.3, -0.25) is 0 Å². The zero-order valence-electron chi connectivity index (χ0n) is 14.0. The first kappa shape index (κ1) is 17.7. The van der Waals surface area contributed by atoms with Crippen LogP contribution in [0.5, 0.6) is 0 Å². The monoisotopic (exact) mass is 399 g/mol. The molecule has 27 heavy (non-hydrogen) atoms. The molecule has 136 valence electrons. The Kier molecular flexibility index (Phi) is 4.94. The Hall–Kier alpha value is -2.67. The molecule has 2 aromatic carbocycles. The minimum absolute atomic E-state index is 0.248. The molecule has 4 aromatic rings. The van der Waals surface area contributed by atoms with Crippen molar-refractivity contribution >= 4 is 34.7 Å². The number of aliphatic hydroxyl groups excluding tert-OH is 1. The molecule has 6 nitrogen and oxygen atoms in total. The van der Waals surface area contributed by atoms with Crippen LogP contribution in [0.2, 0.25) is 10.0 Å². The molecule has 1 atom stereocenters. The van der Waals surface area contributed by atoms with Crippen LogP contribution < -0.4 is 5.32 Å². The van der Waals surface area contributed by atoms with Crippen LogP contribution >= 0.6 is 23.2 Å². The molecular weight excluding hydrogens is 385 g/mol. The second-order valence-corrected chi connectivity index (χ2v) is 6.85. The number of aliphatic hydroxyl groups is 1. The molecule has 4 rings (SSSR count). The van der Waals surface area contributed by atoms with Gasteiger partial charge >= 0.3 is 0 Å². The number of halogens is 2. The van der Waals surface area contributed by atoms with E-state index in [0.717, 1.165) is 5.56 Å². The smallest absolute Gasteiger partial charge is 0.185 e. The van der Waals surface area contributed by atoms with E-state index in [0.29, 0.717) is 32.9 Å². The van der Waals surface area contributed by atoms with Gasteiger partial charge in [0.2, 0.25) is 0 Å².